The van der Waals surface area contributed by atoms with Gasteiger partial charge in [0.25, 0.3) is 0 Å². The molecule has 40 heavy (non-hydrogen) atoms. The largest absolute Gasteiger partial charge is 0.478 e. The number of aryl methyl sites for hydroxylation is 1. The predicted molar refractivity (Wildman–Crippen MR) is 158 cm³/mol. The minimum Gasteiger partial charge on any atom is -0.478 e. The zero-order valence-electron chi connectivity index (χ0n) is 22.0. The van der Waals surface area contributed by atoms with Crippen molar-refractivity contribution in [2.75, 3.05) is 23.3 Å². The van der Waals surface area contributed by atoms with Crippen molar-refractivity contribution in [1.82, 2.24) is 5.32 Å². The molecule has 7 nitrogen and oxygen atoms in total. The van der Waals surface area contributed by atoms with E-state index in [2.05, 4.69) is 59.2 Å². The van der Waals surface area contributed by atoms with Gasteiger partial charge in [-0.15, -0.1) is 11.3 Å². The second kappa shape index (κ2) is 12.6. The Hall–Kier alpha value is -4.43. The third-order valence-electron chi connectivity index (χ3n) is 7.37. The first-order valence-electron chi connectivity index (χ1n) is 13.3. The van der Waals surface area contributed by atoms with Gasteiger partial charge in [0, 0.05) is 18.2 Å². The second-order valence-electron chi connectivity index (χ2n) is 9.94. The maximum atomic E-state index is 13.6. The lowest BCUT2D eigenvalue weighted by atomic mass is 9.72. The molecule has 3 aromatic carbocycles. The molecule has 2 atom stereocenters. The van der Waals surface area contributed by atoms with E-state index < -0.39 is 12.0 Å². The van der Waals surface area contributed by atoms with Crippen LogP contribution in [-0.2, 0) is 17.6 Å². The number of hydrogen-bond donors (Lipinski definition) is 3. The Morgan fingerprint density at radius 2 is 1.73 bits per heavy atom. The maximum Gasteiger partial charge on any atom is 0.335 e. The molecule has 0 saturated carbocycles. The van der Waals surface area contributed by atoms with E-state index in [-0.39, 0.29) is 23.9 Å². The first kappa shape index (κ1) is 27.1. The van der Waals surface area contributed by atoms with Gasteiger partial charge in [0.05, 0.1) is 17.1 Å². The van der Waals surface area contributed by atoms with E-state index >= 15 is 0 Å². The summed E-state index contributed by atoms with van der Waals surface area (Å²) in [6.45, 7) is 0.317. The van der Waals surface area contributed by atoms with Gasteiger partial charge in [-0.1, -0.05) is 60.7 Å². The standard InChI is InChI=1S/C32H31N3O4S/c36-29(20-33-32(39)34-26-12-6-11-25(19-26)31(37)38)35(30-14-7-17-40-30)21-28-24(18-22-8-2-1-3-9-22)16-15-23-10-4-5-13-27(23)28/h1-14,17,19,24,28H,15-16,18,20-21H2,(H,37,38)(H2,33,34,39)/t24-,28-/m0/s1. The Bertz CT molecular complexity index is 1470. The summed E-state index contributed by atoms with van der Waals surface area (Å²) >= 11 is 1.50. The van der Waals surface area contributed by atoms with Crippen molar-refractivity contribution in [2.45, 2.75) is 25.2 Å². The number of thiophene rings is 1. The number of benzene rings is 3. The number of nitrogens with zero attached hydrogens (tertiary/aromatic N) is 1. The average Bonchev–Trinajstić information content (AvgIpc) is 3.51. The quantitative estimate of drug-likeness (QED) is 0.230. The molecule has 204 valence electrons. The highest BCUT2D eigenvalue weighted by molar-refractivity contribution is 7.14. The molecule has 0 radical (unpaired) electrons. The van der Waals surface area contributed by atoms with Crippen LogP contribution in [0.1, 0.15) is 39.4 Å². The van der Waals surface area contributed by atoms with Gasteiger partial charge in [0.15, 0.2) is 0 Å². The summed E-state index contributed by atoms with van der Waals surface area (Å²) in [5.41, 5.74) is 4.30. The molecular formula is C32H31N3O4S. The van der Waals surface area contributed by atoms with Gasteiger partial charge >= 0.3 is 12.0 Å². The van der Waals surface area contributed by atoms with E-state index in [1.54, 1.807) is 17.0 Å². The van der Waals surface area contributed by atoms with Crippen molar-refractivity contribution >= 4 is 39.9 Å². The highest BCUT2D eigenvalue weighted by atomic mass is 32.1. The smallest absolute Gasteiger partial charge is 0.335 e. The third kappa shape index (κ3) is 6.58. The highest BCUT2D eigenvalue weighted by Gasteiger charge is 2.33. The van der Waals surface area contributed by atoms with Crippen LogP contribution in [0, 0.1) is 5.92 Å². The van der Waals surface area contributed by atoms with Crippen molar-refractivity contribution in [3.63, 3.8) is 0 Å². The lowest BCUT2D eigenvalue weighted by molar-refractivity contribution is -0.117. The summed E-state index contributed by atoms with van der Waals surface area (Å²) in [7, 11) is 0. The maximum absolute atomic E-state index is 13.6. The Labute approximate surface area is 237 Å². The highest BCUT2D eigenvalue weighted by Crippen LogP contribution is 2.40. The molecule has 3 N–H and O–H groups in total. The molecule has 0 aliphatic heterocycles. The molecule has 1 aromatic heterocycles. The van der Waals surface area contributed by atoms with Crippen LogP contribution in [0.15, 0.2) is 96.4 Å². The van der Waals surface area contributed by atoms with Gasteiger partial charge in [-0.25, -0.2) is 9.59 Å². The fourth-order valence-electron chi connectivity index (χ4n) is 5.42. The molecule has 5 rings (SSSR count). The van der Waals surface area contributed by atoms with Crippen molar-refractivity contribution in [3.05, 3.63) is 119 Å². The van der Waals surface area contributed by atoms with E-state index in [1.165, 1.54) is 40.2 Å². The molecule has 1 heterocycles. The number of nitrogens with one attached hydrogen (secondary N) is 2. The van der Waals surface area contributed by atoms with Gasteiger partial charge < -0.3 is 20.6 Å². The molecule has 4 aromatic rings. The zero-order valence-corrected chi connectivity index (χ0v) is 22.8. The monoisotopic (exact) mass is 553 g/mol. The number of amides is 3. The third-order valence-corrected chi connectivity index (χ3v) is 8.26. The van der Waals surface area contributed by atoms with E-state index in [0.29, 0.717) is 18.2 Å². The van der Waals surface area contributed by atoms with E-state index in [0.717, 1.165) is 24.3 Å². The molecule has 0 fully saturated rings. The number of carbonyl (C=O) groups excluding carboxylic acids is 2. The number of carboxylic acids is 1. The van der Waals surface area contributed by atoms with Gasteiger partial charge in [0.2, 0.25) is 5.91 Å². The molecule has 1 aliphatic rings. The fourth-order valence-corrected chi connectivity index (χ4v) is 6.18. The van der Waals surface area contributed by atoms with Gasteiger partial charge in [-0.05, 0) is 77.6 Å². The SMILES string of the molecule is O=C(NCC(=O)N(C[C@@H]1c2ccccc2CC[C@H]1Cc1ccccc1)c1cccs1)Nc1cccc(C(=O)O)c1. The van der Waals surface area contributed by atoms with E-state index in [9.17, 15) is 19.5 Å². The van der Waals surface area contributed by atoms with Crippen molar-refractivity contribution in [1.29, 1.82) is 0 Å². The zero-order chi connectivity index (χ0) is 27.9. The molecule has 3 amide bonds. The molecule has 0 saturated heterocycles. The minimum atomic E-state index is -1.08. The molecule has 8 heteroatoms. The van der Waals surface area contributed by atoms with Crippen LogP contribution in [-0.4, -0.2) is 36.1 Å². The summed E-state index contributed by atoms with van der Waals surface area (Å²) < 4.78 is 0. The lowest BCUT2D eigenvalue weighted by Crippen LogP contribution is -2.44. The van der Waals surface area contributed by atoms with Gasteiger partial charge in [-0.3, -0.25) is 4.79 Å². The normalized spacial score (nSPS) is 16.0. The van der Waals surface area contributed by atoms with Crippen LogP contribution in [0.25, 0.3) is 0 Å². The number of fused-ring (bicyclic) bond motifs is 1. The molecule has 0 bridgehead atoms. The summed E-state index contributed by atoms with van der Waals surface area (Å²) in [6, 6.07) is 28.2. The van der Waals surface area contributed by atoms with Crippen molar-refractivity contribution in [2.24, 2.45) is 5.92 Å². The molecule has 0 spiro atoms. The summed E-state index contributed by atoms with van der Waals surface area (Å²) in [5.74, 6) is -0.784. The predicted octanol–water partition coefficient (Wildman–Crippen LogP) is 6.19. The van der Waals surface area contributed by atoms with Crippen molar-refractivity contribution in [3.8, 4) is 0 Å². The first-order valence-corrected chi connectivity index (χ1v) is 14.2. The molecular weight excluding hydrogens is 522 g/mol. The van der Waals surface area contributed by atoms with Crippen LogP contribution in [0.5, 0.6) is 0 Å². The Morgan fingerprint density at radius 1 is 0.925 bits per heavy atom. The van der Waals surface area contributed by atoms with Crippen LogP contribution in [0.2, 0.25) is 0 Å². The second-order valence-corrected chi connectivity index (χ2v) is 10.9. The van der Waals surface area contributed by atoms with Gasteiger partial charge in [-0.2, -0.15) is 0 Å². The first-order chi connectivity index (χ1) is 19.5. The molecule has 0 unspecified atom stereocenters. The summed E-state index contributed by atoms with van der Waals surface area (Å²) in [6.07, 6.45) is 2.99. The summed E-state index contributed by atoms with van der Waals surface area (Å²) in [5, 5.41) is 17.2. The van der Waals surface area contributed by atoms with Crippen LogP contribution < -0.4 is 15.5 Å². The number of anilines is 2. The number of urea groups is 1. The topological polar surface area (TPSA) is 98.7 Å². The number of aromatic carboxylic acids is 1. The minimum absolute atomic E-state index is 0.0653. The Morgan fingerprint density at radius 3 is 2.50 bits per heavy atom. The van der Waals surface area contributed by atoms with Crippen LogP contribution >= 0.6 is 11.3 Å². The van der Waals surface area contributed by atoms with E-state index in [4.69, 9.17) is 0 Å². The number of carbonyl (C=O) groups is 3. The molecule has 1 aliphatic carbocycles. The fraction of sp³-hybridized carbons (Fsp3) is 0.219. The van der Waals surface area contributed by atoms with E-state index in [1.807, 2.05) is 23.6 Å². The van der Waals surface area contributed by atoms with Crippen LogP contribution in [0.3, 0.4) is 0 Å². The number of rotatable bonds is 9. The lowest BCUT2D eigenvalue weighted by Gasteiger charge is -2.37. The van der Waals surface area contributed by atoms with Gasteiger partial charge in [0.1, 0.15) is 0 Å². The van der Waals surface area contributed by atoms with Crippen LogP contribution in [0.4, 0.5) is 15.5 Å². The Kier molecular flexibility index (Phi) is 8.56. The number of hydrogen-bond acceptors (Lipinski definition) is 4. The number of carboxylic acid groups (broad SMARTS) is 1. The Balaban J connectivity index is 1.32. The summed E-state index contributed by atoms with van der Waals surface area (Å²) in [4.78, 5) is 39.2. The average molecular weight is 554 g/mol. The van der Waals surface area contributed by atoms with Crippen molar-refractivity contribution < 1.29 is 19.5 Å².